The molecule has 0 aliphatic heterocycles. The van der Waals surface area contributed by atoms with E-state index in [1.54, 1.807) is 18.3 Å². The molecule has 0 atom stereocenters. The molecule has 1 heterocycles. The molecule has 0 radical (unpaired) electrons. The van der Waals surface area contributed by atoms with Gasteiger partial charge in [0.15, 0.2) is 0 Å². The van der Waals surface area contributed by atoms with Crippen molar-refractivity contribution in [2.45, 2.75) is 20.8 Å². The predicted octanol–water partition coefficient (Wildman–Crippen LogP) is 2.14. The zero-order valence-electron chi connectivity index (χ0n) is 14.5. The highest BCUT2D eigenvalue weighted by atomic mass is 16.1. The summed E-state index contributed by atoms with van der Waals surface area (Å²) in [5.41, 5.74) is 4.40. The molecule has 0 fully saturated rings. The summed E-state index contributed by atoms with van der Waals surface area (Å²) in [7, 11) is 0. The monoisotopic (exact) mass is 342 g/mol. The van der Waals surface area contributed by atoms with E-state index in [2.05, 4.69) is 41.4 Å². The average molecular weight is 342 g/mol. The van der Waals surface area contributed by atoms with Crippen LogP contribution in [0.25, 0.3) is 0 Å². The quantitative estimate of drug-likeness (QED) is 0.429. The molecular formula is C16H22N8O. The Labute approximate surface area is 146 Å². The molecule has 2 aromatic rings. The molecule has 132 valence electrons. The molecule has 0 unspecified atom stereocenters. The van der Waals surface area contributed by atoms with Gasteiger partial charge >= 0.3 is 0 Å². The number of aromatic nitrogens is 3. The topological polar surface area (TPSA) is 116 Å². The van der Waals surface area contributed by atoms with Crippen LogP contribution in [0.4, 0.5) is 23.5 Å². The van der Waals surface area contributed by atoms with Crippen LogP contribution in [0, 0.1) is 0 Å². The lowest BCUT2D eigenvalue weighted by Gasteiger charge is -2.07. The number of hydrogen-bond acceptors (Lipinski definition) is 8. The number of nitrogens with zero attached hydrogens (tertiary/aromatic N) is 4. The number of hydrogen-bond donors (Lipinski definition) is 4. The van der Waals surface area contributed by atoms with E-state index in [0.29, 0.717) is 30.9 Å². The first-order chi connectivity index (χ1) is 12.1. The van der Waals surface area contributed by atoms with Gasteiger partial charge in [0.2, 0.25) is 23.8 Å². The standard InChI is InChI=1S/C16H22N8O/c1-4-17-14-21-15(18-5-2)23-16(22-14)24-19-10-12-6-8-13(9-7-12)20-11(3)25/h6-10H,4-5H2,1-3H3,(H,20,25)(H3,17,18,21,22,23,24)/b19-10+. The van der Waals surface area contributed by atoms with Crippen molar-refractivity contribution < 1.29 is 4.79 Å². The van der Waals surface area contributed by atoms with E-state index in [1.807, 2.05) is 26.0 Å². The van der Waals surface area contributed by atoms with Crippen LogP contribution in [0.15, 0.2) is 29.4 Å². The fraction of sp³-hybridized carbons (Fsp3) is 0.312. The molecule has 0 saturated carbocycles. The Morgan fingerprint density at radius 1 is 1.00 bits per heavy atom. The van der Waals surface area contributed by atoms with Crippen LogP contribution in [0.5, 0.6) is 0 Å². The van der Waals surface area contributed by atoms with E-state index in [9.17, 15) is 4.79 Å². The Balaban J connectivity index is 2.03. The third kappa shape index (κ3) is 6.05. The lowest BCUT2D eigenvalue weighted by molar-refractivity contribution is -0.114. The Hall–Kier alpha value is -3.23. The zero-order valence-corrected chi connectivity index (χ0v) is 14.5. The number of carbonyl (C=O) groups is 1. The number of rotatable bonds is 8. The zero-order chi connectivity index (χ0) is 18.1. The Kier molecular flexibility index (Phi) is 6.64. The largest absolute Gasteiger partial charge is 0.354 e. The summed E-state index contributed by atoms with van der Waals surface area (Å²) in [5.74, 6) is 1.19. The molecule has 9 heteroatoms. The minimum atomic E-state index is -0.106. The maximum atomic E-state index is 11.0. The maximum Gasteiger partial charge on any atom is 0.250 e. The van der Waals surface area contributed by atoms with Gasteiger partial charge in [0.25, 0.3) is 0 Å². The molecule has 0 aliphatic rings. The van der Waals surface area contributed by atoms with Crippen LogP contribution >= 0.6 is 0 Å². The number of hydrazone groups is 1. The van der Waals surface area contributed by atoms with Crippen LogP contribution in [0.3, 0.4) is 0 Å². The van der Waals surface area contributed by atoms with Crippen molar-refractivity contribution in [1.29, 1.82) is 0 Å². The van der Waals surface area contributed by atoms with Gasteiger partial charge in [-0.15, -0.1) is 0 Å². The van der Waals surface area contributed by atoms with E-state index in [1.165, 1.54) is 6.92 Å². The first-order valence-electron chi connectivity index (χ1n) is 8.01. The summed E-state index contributed by atoms with van der Waals surface area (Å²) in [4.78, 5) is 23.7. The van der Waals surface area contributed by atoms with Gasteiger partial charge in [0.1, 0.15) is 0 Å². The number of benzene rings is 1. The summed E-state index contributed by atoms with van der Waals surface area (Å²) in [6.45, 7) is 6.81. The second-order valence-corrected chi connectivity index (χ2v) is 5.04. The summed E-state index contributed by atoms with van der Waals surface area (Å²) >= 11 is 0. The SMILES string of the molecule is CCNc1nc(NCC)nc(N/N=C/c2ccc(NC(C)=O)cc2)n1. The van der Waals surface area contributed by atoms with Crippen molar-refractivity contribution >= 4 is 35.7 Å². The van der Waals surface area contributed by atoms with Crippen LogP contribution in [-0.4, -0.2) is 40.2 Å². The molecule has 1 aromatic carbocycles. The molecule has 4 N–H and O–H groups in total. The molecule has 1 amide bonds. The van der Waals surface area contributed by atoms with Crippen LogP contribution < -0.4 is 21.4 Å². The first kappa shape index (κ1) is 18.1. The van der Waals surface area contributed by atoms with Crippen molar-refractivity contribution in [3.8, 4) is 0 Å². The van der Waals surface area contributed by atoms with Crippen molar-refractivity contribution in [3.63, 3.8) is 0 Å². The summed E-state index contributed by atoms with van der Waals surface area (Å²) in [5, 5.41) is 12.9. The number of amides is 1. The Bertz CT molecular complexity index is 705. The van der Waals surface area contributed by atoms with E-state index < -0.39 is 0 Å². The number of nitrogens with one attached hydrogen (secondary N) is 4. The van der Waals surface area contributed by atoms with Crippen LogP contribution in [-0.2, 0) is 4.79 Å². The summed E-state index contributed by atoms with van der Waals surface area (Å²) in [6, 6.07) is 7.30. The van der Waals surface area contributed by atoms with Gasteiger partial charge in [-0.3, -0.25) is 4.79 Å². The van der Waals surface area contributed by atoms with E-state index in [-0.39, 0.29) is 5.91 Å². The van der Waals surface area contributed by atoms with Crippen molar-refractivity contribution in [2.75, 3.05) is 34.5 Å². The Morgan fingerprint density at radius 3 is 2.08 bits per heavy atom. The second-order valence-electron chi connectivity index (χ2n) is 5.04. The number of carbonyl (C=O) groups excluding carboxylic acids is 1. The van der Waals surface area contributed by atoms with Gasteiger partial charge in [-0.1, -0.05) is 12.1 Å². The first-order valence-corrected chi connectivity index (χ1v) is 8.01. The molecule has 9 nitrogen and oxygen atoms in total. The van der Waals surface area contributed by atoms with Gasteiger partial charge in [-0.25, -0.2) is 5.43 Å². The third-order valence-electron chi connectivity index (χ3n) is 2.91. The fourth-order valence-electron chi connectivity index (χ4n) is 1.92. The summed E-state index contributed by atoms with van der Waals surface area (Å²) < 4.78 is 0. The Morgan fingerprint density at radius 2 is 1.56 bits per heavy atom. The molecule has 0 aliphatic carbocycles. The molecule has 1 aromatic heterocycles. The van der Waals surface area contributed by atoms with E-state index in [4.69, 9.17) is 0 Å². The van der Waals surface area contributed by atoms with Gasteiger partial charge in [-0.2, -0.15) is 20.1 Å². The van der Waals surface area contributed by atoms with Gasteiger partial charge < -0.3 is 16.0 Å². The van der Waals surface area contributed by atoms with Crippen molar-refractivity contribution in [3.05, 3.63) is 29.8 Å². The lowest BCUT2D eigenvalue weighted by atomic mass is 10.2. The highest BCUT2D eigenvalue weighted by molar-refractivity contribution is 5.89. The van der Waals surface area contributed by atoms with Gasteiger partial charge in [0, 0.05) is 25.7 Å². The van der Waals surface area contributed by atoms with E-state index in [0.717, 1.165) is 11.3 Å². The highest BCUT2D eigenvalue weighted by Gasteiger charge is 2.04. The van der Waals surface area contributed by atoms with E-state index >= 15 is 0 Å². The second kappa shape index (κ2) is 9.16. The minimum absolute atomic E-state index is 0.106. The van der Waals surface area contributed by atoms with Crippen molar-refractivity contribution in [1.82, 2.24) is 15.0 Å². The fourth-order valence-corrected chi connectivity index (χ4v) is 1.92. The molecule has 25 heavy (non-hydrogen) atoms. The molecule has 2 rings (SSSR count). The lowest BCUT2D eigenvalue weighted by Crippen LogP contribution is -2.10. The van der Waals surface area contributed by atoms with Crippen molar-refractivity contribution in [2.24, 2.45) is 5.10 Å². The average Bonchev–Trinajstić information content (AvgIpc) is 2.56. The molecule has 0 saturated heterocycles. The normalized spacial score (nSPS) is 10.5. The van der Waals surface area contributed by atoms with Crippen LogP contribution in [0.1, 0.15) is 26.3 Å². The number of anilines is 4. The maximum absolute atomic E-state index is 11.0. The smallest absolute Gasteiger partial charge is 0.250 e. The molecule has 0 bridgehead atoms. The highest BCUT2D eigenvalue weighted by Crippen LogP contribution is 2.10. The van der Waals surface area contributed by atoms with Gasteiger partial charge in [-0.05, 0) is 31.5 Å². The molecular weight excluding hydrogens is 320 g/mol. The van der Waals surface area contributed by atoms with Crippen LogP contribution in [0.2, 0.25) is 0 Å². The third-order valence-corrected chi connectivity index (χ3v) is 2.91. The summed E-state index contributed by atoms with van der Waals surface area (Å²) in [6.07, 6.45) is 1.64. The van der Waals surface area contributed by atoms with Gasteiger partial charge in [0.05, 0.1) is 6.21 Å². The predicted molar refractivity (Wildman–Crippen MR) is 100 cm³/mol. The molecule has 0 spiro atoms. The minimum Gasteiger partial charge on any atom is -0.354 e.